The van der Waals surface area contributed by atoms with E-state index in [0.717, 1.165) is 0 Å². The summed E-state index contributed by atoms with van der Waals surface area (Å²) in [5.74, 6) is 0. The summed E-state index contributed by atoms with van der Waals surface area (Å²) in [4.78, 5) is -1.24. The quantitative estimate of drug-likeness (QED) is 0.669. The Hall–Kier alpha value is -1.23. The Labute approximate surface area is 103 Å². The van der Waals surface area contributed by atoms with Crippen LogP contribution in [0, 0.1) is 0 Å². The van der Waals surface area contributed by atoms with Crippen LogP contribution >= 0.6 is 0 Å². The molecule has 0 spiro atoms. The molecule has 0 atom stereocenters. The Bertz CT molecular complexity index is 545. The van der Waals surface area contributed by atoms with Crippen LogP contribution in [0.2, 0.25) is 0 Å². The fourth-order valence-electron chi connectivity index (χ4n) is 1.18. The molecule has 0 aliphatic rings. The average molecular weight is 306 g/mol. The van der Waals surface area contributed by atoms with Gasteiger partial charge in [-0.15, -0.1) is 0 Å². The zero-order valence-corrected chi connectivity index (χ0v) is 9.70. The first-order valence-electron chi connectivity index (χ1n) is 4.51. The molecule has 1 N–H and O–H groups in total. The number of hydrogen-bond acceptors (Lipinski definition) is 3. The molecule has 0 saturated heterocycles. The molecule has 1 aromatic carbocycles. The van der Waals surface area contributed by atoms with Crippen LogP contribution < -0.4 is 0 Å². The van der Waals surface area contributed by atoms with Crippen molar-refractivity contribution in [2.45, 2.75) is 17.2 Å². The van der Waals surface area contributed by atoms with E-state index in [1.165, 1.54) is 0 Å². The number of halogens is 6. The maximum Gasteiger partial charge on any atom is 0.424 e. The van der Waals surface area contributed by atoms with Gasteiger partial charge in [0.2, 0.25) is 0 Å². The second-order valence-corrected chi connectivity index (χ2v) is 5.44. The first-order chi connectivity index (χ1) is 8.38. The summed E-state index contributed by atoms with van der Waals surface area (Å²) in [6.45, 7) is -1.59. The monoisotopic (exact) mass is 306 g/mol. The van der Waals surface area contributed by atoms with Crippen molar-refractivity contribution in [1.82, 2.24) is 0 Å². The van der Waals surface area contributed by atoms with Gasteiger partial charge < -0.3 is 5.02 Å². The molecule has 0 aliphatic carbocycles. The minimum Gasteiger partial charge on any atom is -0.440 e. The number of alkyl halides is 6. The fraction of sp³-hybridized carbons (Fsp3) is 0.250. The topological polar surface area (TPSA) is 54.4 Å². The average Bonchev–Trinajstić information content (AvgIpc) is 2.26. The van der Waals surface area contributed by atoms with Gasteiger partial charge in [0.25, 0.3) is 0 Å². The third-order valence-electron chi connectivity index (χ3n) is 2.09. The maximum absolute atomic E-state index is 12.4. The Morgan fingerprint density at radius 3 is 1.53 bits per heavy atom. The predicted molar refractivity (Wildman–Crippen MR) is 53.0 cm³/mol. The van der Waals surface area contributed by atoms with E-state index >= 15 is 0 Å². The summed E-state index contributed by atoms with van der Waals surface area (Å²) >= 11 is 0. The molecule has 0 aliphatic heterocycles. The van der Waals surface area contributed by atoms with Crippen LogP contribution in [-0.2, 0) is 22.0 Å². The molecule has 0 fully saturated rings. The summed E-state index contributed by atoms with van der Waals surface area (Å²) in [5.41, 5.74) is -3.51. The Kier molecular flexibility index (Phi) is 3.92. The van der Waals surface area contributed by atoms with E-state index in [2.05, 4.69) is 0 Å². The molecule has 19 heavy (non-hydrogen) atoms. The smallest absolute Gasteiger partial charge is 0.424 e. The minimum absolute atomic E-state index is 0.0425. The predicted octanol–water partition coefficient (Wildman–Crippen LogP) is 1.76. The van der Waals surface area contributed by atoms with Gasteiger partial charge in [-0.1, -0.05) is 0 Å². The first kappa shape index (κ1) is 15.8. The summed E-state index contributed by atoms with van der Waals surface area (Å²) in [6, 6.07) is -0.113. The van der Waals surface area contributed by atoms with Crippen LogP contribution in [0.4, 0.5) is 26.3 Å². The molecule has 3 nitrogen and oxygen atoms in total. The number of hydrogen-bond donors (Lipinski definition) is 1. The Morgan fingerprint density at radius 2 is 1.26 bits per heavy atom. The molecular formula is C8H5BF6O3S. The van der Waals surface area contributed by atoms with E-state index in [1.54, 1.807) is 0 Å². The van der Waals surface area contributed by atoms with Gasteiger partial charge in [0.1, 0.15) is 0 Å². The van der Waals surface area contributed by atoms with Crippen molar-refractivity contribution >= 4 is 16.4 Å². The van der Waals surface area contributed by atoms with Gasteiger partial charge in [-0.25, -0.2) is 8.42 Å². The molecule has 1 rings (SSSR count). The van der Waals surface area contributed by atoms with Gasteiger partial charge in [0, 0.05) is 0 Å². The second-order valence-electron chi connectivity index (χ2n) is 3.49. The summed E-state index contributed by atoms with van der Waals surface area (Å²) < 4.78 is 96.8. The lowest BCUT2D eigenvalue weighted by molar-refractivity contribution is -0.143. The zero-order chi connectivity index (χ0) is 15.1. The third-order valence-corrected chi connectivity index (χ3v) is 3.38. The van der Waals surface area contributed by atoms with Gasteiger partial charge in [-0.2, -0.15) is 26.3 Å². The van der Waals surface area contributed by atoms with E-state index < -0.39 is 44.8 Å². The summed E-state index contributed by atoms with van der Waals surface area (Å²) in [5, 5.41) is 8.48. The molecule has 0 aromatic heterocycles. The van der Waals surface area contributed by atoms with Gasteiger partial charge >= 0.3 is 19.1 Å². The third kappa shape index (κ3) is 3.63. The van der Waals surface area contributed by atoms with Crippen molar-refractivity contribution in [3.63, 3.8) is 0 Å². The van der Waals surface area contributed by atoms with Crippen molar-refractivity contribution in [2.24, 2.45) is 0 Å². The maximum atomic E-state index is 12.4. The van der Waals surface area contributed by atoms with Gasteiger partial charge in [0.15, 0.2) is 9.69 Å². The normalized spacial score (nSPS) is 13.4. The molecule has 0 bridgehead atoms. The van der Waals surface area contributed by atoms with Crippen molar-refractivity contribution in [3.8, 4) is 0 Å². The zero-order valence-electron chi connectivity index (χ0n) is 8.88. The van der Waals surface area contributed by atoms with Gasteiger partial charge in [0.05, 0.1) is 16.0 Å². The van der Waals surface area contributed by atoms with Gasteiger partial charge in [-0.3, -0.25) is 0 Å². The van der Waals surface area contributed by atoms with Crippen molar-refractivity contribution < 1.29 is 39.8 Å². The van der Waals surface area contributed by atoms with Crippen LogP contribution in [0.3, 0.4) is 0 Å². The van der Waals surface area contributed by atoms with Crippen LogP contribution in [-0.4, -0.2) is 20.2 Å². The minimum atomic E-state index is -5.14. The number of benzene rings is 1. The molecule has 0 saturated carbocycles. The van der Waals surface area contributed by atoms with E-state index in [9.17, 15) is 34.8 Å². The summed E-state index contributed by atoms with van der Waals surface area (Å²) in [7, 11) is -4.61. The highest BCUT2D eigenvalue weighted by atomic mass is 32.2. The lowest BCUT2D eigenvalue weighted by atomic mass is 10.1. The molecule has 1 aromatic rings. The van der Waals surface area contributed by atoms with Crippen molar-refractivity contribution in [1.29, 1.82) is 0 Å². The van der Waals surface area contributed by atoms with Crippen molar-refractivity contribution in [2.75, 3.05) is 0 Å². The van der Waals surface area contributed by atoms with Crippen LogP contribution in [0.5, 0.6) is 0 Å². The Morgan fingerprint density at radius 1 is 0.895 bits per heavy atom. The molecular weight excluding hydrogens is 301 g/mol. The van der Waals surface area contributed by atoms with Crippen LogP contribution in [0.1, 0.15) is 11.1 Å². The van der Waals surface area contributed by atoms with E-state index in [0.29, 0.717) is 0 Å². The molecule has 11 heteroatoms. The summed E-state index contributed by atoms with van der Waals surface area (Å²) in [6.07, 6.45) is -10.3. The first-order valence-corrected chi connectivity index (χ1v) is 6.16. The standard InChI is InChI=1S/C8H5BF6O3S/c10-7(11,12)4-1-5(8(13,14)15)3-6(2-4)19(17,18)9-16/h1-3,9,16H. The molecule has 106 valence electrons. The largest absolute Gasteiger partial charge is 0.440 e. The lowest BCUT2D eigenvalue weighted by Gasteiger charge is -2.13. The Balaban J connectivity index is 3.60. The second kappa shape index (κ2) is 4.71. The molecule has 0 unspecified atom stereocenters. The van der Waals surface area contributed by atoms with Crippen molar-refractivity contribution in [3.05, 3.63) is 29.3 Å². The highest BCUT2D eigenvalue weighted by Crippen LogP contribution is 2.37. The highest BCUT2D eigenvalue weighted by molar-refractivity contribution is 8.14. The molecule has 0 amide bonds. The number of rotatable bonds is 2. The van der Waals surface area contributed by atoms with Gasteiger partial charge in [-0.05, 0) is 18.2 Å². The van der Waals surface area contributed by atoms with Crippen LogP contribution in [0.15, 0.2) is 23.1 Å². The lowest BCUT2D eigenvalue weighted by Crippen LogP contribution is -2.16. The fourth-order valence-corrected chi connectivity index (χ4v) is 1.94. The SMILES string of the molecule is O=S(=O)(BO)c1cc(C(F)(F)F)cc(C(F)(F)F)c1. The van der Waals surface area contributed by atoms with E-state index in [4.69, 9.17) is 5.02 Å². The highest BCUT2D eigenvalue weighted by Gasteiger charge is 2.38. The van der Waals surface area contributed by atoms with E-state index in [-0.39, 0.29) is 18.2 Å². The molecule has 0 radical (unpaired) electrons. The molecule has 0 heterocycles. The van der Waals surface area contributed by atoms with E-state index in [1.807, 2.05) is 0 Å². The van der Waals surface area contributed by atoms with Crippen LogP contribution in [0.25, 0.3) is 0 Å².